The summed E-state index contributed by atoms with van der Waals surface area (Å²) in [6.07, 6.45) is 9.04. The van der Waals surface area contributed by atoms with Crippen molar-refractivity contribution in [3.63, 3.8) is 0 Å². The summed E-state index contributed by atoms with van der Waals surface area (Å²) >= 11 is 0. The third-order valence-corrected chi connectivity index (χ3v) is 10.9. The lowest BCUT2D eigenvalue weighted by Gasteiger charge is -2.59. The average molecular weight is 711 g/mol. The number of rotatable bonds is 14. The molecule has 0 radical (unpaired) electrons. The number of aromatic hydroxyl groups is 1. The van der Waals surface area contributed by atoms with Crippen LogP contribution in [0.3, 0.4) is 0 Å². The van der Waals surface area contributed by atoms with Gasteiger partial charge in [0.1, 0.15) is 23.1 Å². The Morgan fingerprint density at radius 1 is 1.02 bits per heavy atom. The maximum absolute atomic E-state index is 14.6. The molecule has 278 valence electrons. The summed E-state index contributed by atoms with van der Waals surface area (Å²) in [6, 6.07) is 18.3. The summed E-state index contributed by atoms with van der Waals surface area (Å²) in [5, 5.41) is 37.3. The molecule has 52 heavy (non-hydrogen) atoms. The number of aliphatic hydroxyl groups is 2. The molecule has 0 saturated heterocycles. The van der Waals surface area contributed by atoms with Crippen molar-refractivity contribution in [2.45, 2.75) is 89.1 Å². The van der Waals surface area contributed by atoms with Crippen molar-refractivity contribution in [3.05, 3.63) is 96.1 Å². The fourth-order valence-electron chi connectivity index (χ4n) is 8.60. The van der Waals surface area contributed by atoms with Gasteiger partial charge >= 0.3 is 0 Å². The largest absolute Gasteiger partial charge is 0.508 e. The Kier molecular flexibility index (Phi) is 11.4. The predicted molar refractivity (Wildman–Crippen MR) is 204 cm³/mol. The number of carbonyl (C=O) groups is 1. The Morgan fingerprint density at radius 3 is 2.46 bits per heavy atom. The number of benzene rings is 3. The molecule has 3 aromatic rings. The lowest BCUT2D eigenvalue weighted by atomic mass is 9.55. The van der Waals surface area contributed by atoms with E-state index in [0.717, 1.165) is 53.3 Å². The summed E-state index contributed by atoms with van der Waals surface area (Å²) in [7, 11) is 1.81. The minimum absolute atomic E-state index is 0.0835. The van der Waals surface area contributed by atoms with E-state index in [0.29, 0.717) is 30.6 Å². The van der Waals surface area contributed by atoms with Crippen LogP contribution >= 0.6 is 0 Å². The van der Waals surface area contributed by atoms with Gasteiger partial charge in [-0.05, 0) is 105 Å². The Balaban J connectivity index is 1.56. The van der Waals surface area contributed by atoms with E-state index < -0.39 is 23.3 Å². The Labute approximate surface area is 307 Å². The third-order valence-electron chi connectivity index (χ3n) is 10.9. The first-order valence-corrected chi connectivity index (χ1v) is 18.7. The van der Waals surface area contributed by atoms with Crippen LogP contribution in [0.2, 0.25) is 0 Å². The first-order chi connectivity index (χ1) is 25.0. The van der Waals surface area contributed by atoms with Gasteiger partial charge in [0.25, 0.3) is 5.91 Å². The zero-order chi connectivity index (χ0) is 37.0. The fraction of sp³-hybridized carbons (Fsp3) is 0.488. The smallest absolute Gasteiger partial charge is 0.254 e. The van der Waals surface area contributed by atoms with Crippen LogP contribution in [0, 0.1) is 17.8 Å². The molecule has 0 bridgehead atoms. The number of allylic oxidation sites excluding steroid dienone is 1. The van der Waals surface area contributed by atoms with Crippen LogP contribution in [0.15, 0.2) is 90.1 Å². The van der Waals surface area contributed by atoms with E-state index in [1.807, 2.05) is 70.3 Å². The number of unbranched alkanes of at least 4 members (excludes halogenated alkanes) is 2. The van der Waals surface area contributed by atoms with Crippen molar-refractivity contribution < 1.29 is 34.4 Å². The van der Waals surface area contributed by atoms with Gasteiger partial charge in [-0.15, -0.1) is 6.58 Å². The number of carbonyl (C=O) groups excluding carboxylic acids is 1. The third kappa shape index (κ3) is 7.49. The molecule has 0 spiro atoms. The normalized spacial score (nSPS) is 25.8. The van der Waals surface area contributed by atoms with Gasteiger partial charge in [0.15, 0.2) is 0 Å². The number of phenolic OH excluding ortho intramolecular Hbond substituents is 1. The van der Waals surface area contributed by atoms with Gasteiger partial charge in [-0.2, -0.15) is 0 Å². The Morgan fingerprint density at radius 2 is 1.75 bits per heavy atom. The quantitative estimate of drug-likeness (QED) is 0.0889. The van der Waals surface area contributed by atoms with Crippen LogP contribution in [-0.2, 0) is 9.57 Å². The molecule has 9 nitrogen and oxygen atoms in total. The molecule has 2 aliphatic carbocycles. The molecule has 1 aliphatic heterocycles. The molecular weight excluding hydrogens is 656 g/mol. The number of oxime groups is 1. The van der Waals surface area contributed by atoms with E-state index in [9.17, 15) is 20.1 Å². The maximum Gasteiger partial charge on any atom is 0.254 e. The van der Waals surface area contributed by atoms with Gasteiger partial charge in [0.05, 0.1) is 18.2 Å². The van der Waals surface area contributed by atoms with E-state index in [1.165, 1.54) is 0 Å². The van der Waals surface area contributed by atoms with Gasteiger partial charge in [-0.1, -0.05) is 60.5 Å². The van der Waals surface area contributed by atoms with Crippen molar-refractivity contribution in [2.75, 3.05) is 26.9 Å². The minimum Gasteiger partial charge on any atom is -0.508 e. The van der Waals surface area contributed by atoms with Gasteiger partial charge in [-0.3, -0.25) is 4.79 Å². The second kappa shape index (κ2) is 15.8. The number of aliphatic hydroxyl groups excluding tert-OH is 2. The number of likely N-dealkylation sites (N-methyl/N-ethyl adjacent to an activating group) is 1. The number of phenols is 1. The summed E-state index contributed by atoms with van der Waals surface area (Å²) in [5.41, 5.74) is 2.57. The molecular formula is C43H54N2O7. The molecule has 1 saturated carbocycles. The van der Waals surface area contributed by atoms with Crippen LogP contribution in [0.1, 0.15) is 87.6 Å². The van der Waals surface area contributed by atoms with Crippen molar-refractivity contribution in [2.24, 2.45) is 22.9 Å². The van der Waals surface area contributed by atoms with Crippen molar-refractivity contribution in [1.82, 2.24) is 4.90 Å². The van der Waals surface area contributed by atoms with Crippen molar-refractivity contribution >= 4 is 22.4 Å². The van der Waals surface area contributed by atoms with Crippen LogP contribution in [0.5, 0.6) is 11.5 Å². The summed E-state index contributed by atoms with van der Waals surface area (Å²) in [5.74, 6) is -1.19. The van der Waals surface area contributed by atoms with E-state index >= 15 is 0 Å². The average Bonchev–Trinajstić information content (AvgIpc) is 3.13. The van der Waals surface area contributed by atoms with Gasteiger partial charge < -0.3 is 34.5 Å². The van der Waals surface area contributed by atoms with Crippen molar-refractivity contribution in [3.8, 4) is 11.5 Å². The first kappa shape index (κ1) is 37.6. The highest BCUT2D eigenvalue weighted by Crippen LogP contribution is 2.61. The number of nitrogens with zero attached hydrogens (tertiary/aromatic N) is 2. The number of ether oxygens (including phenoxy) is 2. The Hall–Kier alpha value is -4.18. The molecule has 1 amide bonds. The van der Waals surface area contributed by atoms with Gasteiger partial charge in [-0.25, -0.2) is 0 Å². The van der Waals surface area contributed by atoms with Crippen molar-refractivity contribution in [1.29, 1.82) is 0 Å². The maximum atomic E-state index is 14.6. The van der Waals surface area contributed by atoms with E-state index in [-0.39, 0.29) is 49.2 Å². The Bertz CT molecular complexity index is 1810. The monoisotopic (exact) mass is 710 g/mol. The second-order valence-electron chi connectivity index (χ2n) is 15.5. The molecule has 1 heterocycles. The number of fused-ring (bicyclic) bond motifs is 3. The van der Waals surface area contributed by atoms with Crippen LogP contribution in [-0.4, -0.2) is 76.1 Å². The summed E-state index contributed by atoms with van der Waals surface area (Å²) in [6.45, 7) is 10.3. The summed E-state index contributed by atoms with van der Waals surface area (Å²) < 4.78 is 14.1. The van der Waals surface area contributed by atoms with Gasteiger partial charge in [0, 0.05) is 43.7 Å². The molecule has 3 aliphatic rings. The SMILES string of the molecule is C=CCOC12Oc3ccc(O)cc3C3C(CCCCO)C(CCCCO)C=C(C(=NOC(C)(C)C)CC1N(C)C(=O)c1ccc4ccccc4c1)C32. The molecule has 3 aromatic carbocycles. The fourth-order valence-corrected chi connectivity index (χ4v) is 8.60. The highest BCUT2D eigenvalue weighted by atomic mass is 16.7. The zero-order valence-corrected chi connectivity index (χ0v) is 31.0. The number of hydrogen-bond acceptors (Lipinski definition) is 8. The van der Waals surface area contributed by atoms with Crippen LogP contribution < -0.4 is 4.74 Å². The molecule has 6 unspecified atom stereocenters. The zero-order valence-electron chi connectivity index (χ0n) is 31.0. The van der Waals surface area contributed by atoms with E-state index in [2.05, 4.69) is 12.7 Å². The van der Waals surface area contributed by atoms with E-state index in [4.69, 9.17) is 19.5 Å². The summed E-state index contributed by atoms with van der Waals surface area (Å²) in [4.78, 5) is 22.5. The number of amides is 1. The standard InChI is InChI=1S/C43H54N2O7/c1-6-23-50-43-38(45(5)41(49)31-18-17-28-13-7-8-14-29(28)24-31)27-36(44-52-42(2,3)4)34-25-30(15-9-11-21-46)33(16-10-12-22-47)39(40(34)43)35-26-32(48)19-20-37(35)51-43/h6-8,13-14,17-20,24-26,30,33,38-40,46-48H,1,9-12,15-16,21-23,27H2,2-5H3. The molecule has 9 heteroatoms. The first-order valence-electron chi connectivity index (χ1n) is 18.7. The highest BCUT2D eigenvalue weighted by molar-refractivity contribution is 6.04. The topological polar surface area (TPSA) is 121 Å². The van der Waals surface area contributed by atoms with E-state index in [1.54, 1.807) is 29.2 Å². The number of hydrogen-bond donors (Lipinski definition) is 3. The lowest BCUT2D eigenvalue weighted by molar-refractivity contribution is -0.252. The second-order valence-corrected chi connectivity index (χ2v) is 15.5. The molecule has 1 fully saturated rings. The molecule has 0 aromatic heterocycles. The molecule has 6 atom stereocenters. The minimum atomic E-state index is -1.35. The van der Waals surface area contributed by atoms with Crippen LogP contribution in [0.25, 0.3) is 10.8 Å². The highest BCUT2D eigenvalue weighted by Gasteiger charge is 2.65. The molecule has 3 N–H and O–H groups in total. The lowest BCUT2D eigenvalue weighted by Crippen LogP contribution is -2.69. The van der Waals surface area contributed by atoms with Gasteiger partial charge in [0.2, 0.25) is 5.79 Å². The van der Waals surface area contributed by atoms with Crippen LogP contribution in [0.4, 0.5) is 0 Å². The predicted octanol–water partition coefficient (Wildman–Crippen LogP) is 7.75. The molecule has 6 rings (SSSR count).